The largest absolute Gasteiger partial charge is 0.300 e. The van der Waals surface area contributed by atoms with Crippen molar-refractivity contribution < 1.29 is 4.79 Å². The van der Waals surface area contributed by atoms with E-state index in [4.69, 9.17) is 0 Å². The molecule has 6 heteroatoms. The highest BCUT2D eigenvalue weighted by Gasteiger charge is 2.17. The molecule has 2 aromatic heterocycles. The van der Waals surface area contributed by atoms with Crippen LogP contribution in [0, 0.1) is 13.8 Å². The van der Waals surface area contributed by atoms with Gasteiger partial charge in [-0.25, -0.2) is 0 Å². The van der Waals surface area contributed by atoms with Crippen LogP contribution in [0.1, 0.15) is 54.4 Å². The predicted octanol–water partition coefficient (Wildman–Crippen LogP) is 4.79. The Kier molecular flexibility index (Phi) is 5.61. The van der Waals surface area contributed by atoms with Crippen molar-refractivity contribution in [1.82, 2.24) is 15.2 Å². The molecule has 1 amide bonds. The standard InChI is InChI=1S/C20H24N4OS/c1-5-14(6-2)19-23-24-20(26-19)22-18(25)11-16-12(3)15-9-7-8-10-17(15)21-13(16)4/h7-10,14H,5-6,11H2,1-4H3,(H,22,24,25). The normalized spacial score (nSPS) is 11.3. The summed E-state index contributed by atoms with van der Waals surface area (Å²) in [5, 5.41) is 13.9. The number of para-hydroxylation sites is 1. The van der Waals surface area contributed by atoms with E-state index in [2.05, 4.69) is 41.3 Å². The van der Waals surface area contributed by atoms with E-state index in [1.807, 2.05) is 31.2 Å². The topological polar surface area (TPSA) is 67.8 Å². The minimum Gasteiger partial charge on any atom is -0.300 e. The fraction of sp³-hybridized carbons (Fsp3) is 0.400. The number of rotatable bonds is 6. The lowest BCUT2D eigenvalue weighted by Crippen LogP contribution is -2.16. The van der Waals surface area contributed by atoms with E-state index in [1.165, 1.54) is 11.3 Å². The third kappa shape index (κ3) is 3.75. The molecule has 0 radical (unpaired) electrons. The Morgan fingerprint density at radius 2 is 1.88 bits per heavy atom. The smallest absolute Gasteiger partial charge is 0.230 e. The maximum Gasteiger partial charge on any atom is 0.230 e. The van der Waals surface area contributed by atoms with Crippen LogP contribution in [0.4, 0.5) is 5.13 Å². The summed E-state index contributed by atoms with van der Waals surface area (Å²) in [5.74, 6) is 0.327. The first kappa shape index (κ1) is 18.5. The van der Waals surface area contributed by atoms with Crippen molar-refractivity contribution in [2.24, 2.45) is 0 Å². The van der Waals surface area contributed by atoms with Crippen molar-refractivity contribution >= 4 is 33.3 Å². The minimum atomic E-state index is -0.0828. The van der Waals surface area contributed by atoms with Gasteiger partial charge in [0.05, 0.1) is 11.9 Å². The monoisotopic (exact) mass is 368 g/mol. The molecule has 0 aliphatic rings. The van der Waals surface area contributed by atoms with Gasteiger partial charge in [0.25, 0.3) is 0 Å². The highest BCUT2D eigenvalue weighted by molar-refractivity contribution is 7.15. The number of benzene rings is 1. The van der Waals surface area contributed by atoms with Gasteiger partial charge in [0, 0.05) is 17.0 Å². The maximum atomic E-state index is 12.5. The van der Waals surface area contributed by atoms with Gasteiger partial charge in [-0.15, -0.1) is 10.2 Å². The quantitative estimate of drug-likeness (QED) is 0.679. The summed E-state index contributed by atoms with van der Waals surface area (Å²) in [7, 11) is 0. The van der Waals surface area contributed by atoms with Crippen LogP contribution in [0.25, 0.3) is 10.9 Å². The second-order valence-electron chi connectivity index (χ2n) is 6.50. The number of hydrogen-bond acceptors (Lipinski definition) is 5. The number of carbonyl (C=O) groups excluding carboxylic acids is 1. The Morgan fingerprint density at radius 1 is 1.15 bits per heavy atom. The van der Waals surface area contributed by atoms with Crippen molar-refractivity contribution in [3.05, 3.63) is 46.1 Å². The van der Waals surface area contributed by atoms with E-state index in [-0.39, 0.29) is 12.3 Å². The number of nitrogens with one attached hydrogen (secondary N) is 1. The highest BCUT2D eigenvalue weighted by atomic mass is 32.1. The molecule has 0 fully saturated rings. The minimum absolute atomic E-state index is 0.0828. The van der Waals surface area contributed by atoms with Crippen molar-refractivity contribution in [3.8, 4) is 0 Å². The Labute approximate surface area is 157 Å². The van der Waals surface area contributed by atoms with E-state index in [1.54, 1.807) is 0 Å². The SMILES string of the molecule is CCC(CC)c1nnc(NC(=O)Cc2c(C)nc3ccccc3c2C)s1. The number of nitrogens with zero attached hydrogens (tertiary/aromatic N) is 3. The van der Waals surface area contributed by atoms with Gasteiger partial charge in [-0.1, -0.05) is 43.4 Å². The molecule has 2 heterocycles. The van der Waals surface area contributed by atoms with Gasteiger partial charge in [-0.2, -0.15) is 0 Å². The number of anilines is 1. The summed E-state index contributed by atoms with van der Waals surface area (Å²) in [4.78, 5) is 17.2. The molecule has 3 rings (SSSR count). The fourth-order valence-corrected chi connectivity index (χ4v) is 4.27. The number of fused-ring (bicyclic) bond motifs is 1. The molecule has 0 aliphatic carbocycles. The Morgan fingerprint density at radius 3 is 2.62 bits per heavy atom. The van der Waals surface area contributed by atoms with Crippen molar-refractivity contribution in [3.63, 3.8) is 0 Å². The third-order valence-electron chi connectivity index (χ3n) is 4.84. The third-order valence-corrected chi connectivity index (χ3v) is 5.85. The molecule has 1 N–H and O–H groups in total. The average molecular weight is 369 g/mol. The van der Waals surface area contributed by atoms with Crippen LogP contribution in [-0.2, 0) is 11.2 Å². The molecule has 5 nitrogen and oxygen atoms in total. The Hall–Kier alpha value is -2.34. The van der Waals surface area contributed by atoms with E-state index in [0.29, 0.717) is 11.0 Å². The first-order valence-corrected chi connectivity index (χ1v) is 9.83. The second kappa shape index (κ2) is 7.91. The zero-order chi connectivity index (χ0) is 18.7. The first-order valence-electron chi connectivity index (χ1n) is 9.01. The zero-order valence-corrected chi connectivity index (χ0v) is 16.5. The molecule has 0 unspecified atom stereocenters. The van der Waals surface area contributed by atoms with Gasteiger partial charge < -0.3 is 5.32 Å². The predicted molar refractivity (Wildman–Crippen MR) is 107 cm³/mol. The van der Waals surface area contributed by atoms with Crippen molar-refractivity contribution in [2.75, 3.05) is 5.32 Å². The lowest BCUT2D eigenvalue weighted by Gasteiger charge is -2.12. The molecule has 0 saturated carbocycles. The van der Waals surface area contributed by atoms with Gasteiger partial charge in [0.2, 0.25) is 11.0 Å². The molecule has 26 heavy (non-hydrogen) atoms. The average Bonchev–Trinajstić information content (AvgIpc) is 3.08. The molecule has 0 aliphatic heterocycles. The first-order chi connectivity index (χ1) is 12.5. The van der Waals surface area contributed by atoms with Crippen LogP contribution >= 0.6 is 11.3 Å². The summed E-state index contributed by atoms with van der Waals surface area (Å²) in [6.45, 7) is 8.30. The Balaban J connectivity index is 1.77. The molecular formula is C20H24N4OS. The van der Waals surface area contributed by atoms with Gasteiger partial charge in [-0.05, 0) is 43.9 Å². The van der Waals surface area contributed by atoms with Gasteiger partial charge in [0.15, 0.2) is 0 Å². The number of aryl methyl sites for hydroxylation is 2. The van der Waals surface area contributed by atoms with Crippen LogP contribution in [0.15, 0.2) is 24.3 Å². The number of hydrogen-bond donors (Lipinski definition) is 1. The molecule has 0 bridgehead atoms. The molecular weight excluding hydrogens is 344 g/mol. The van der Waals surface area contributed by atoms with Crippen LogP contribution < -0.4 is 5.32 Å². The van der Waals surface area contributed by atoms with Crippen LogP contribution in [0.5, 0.6) is 0 Å². The molecule has 0 spiro atoms. The molecule has 136 valence electrons. The van der Waals surface area contributed by atoms with E-state index in [0.717, 1.165) is 45.6 Å². The van der Waals surface area contributed by atoms with Crippen LogP contribution in [0.2, 0.25) is 0 Å². The summed E-state index contributed by atoms with van der Waals surface area (Å²) >= 11 is 1.47. The molecule has 1 aromatic carbocycles. The van der Waals surface area contributed by atoms with Gasteiger partial charge >= 0.3 is 0 Å². The maximum absolute atomic E-state index is 12.5. The van der Waals surface area contributed by atoms with Crippen molar-refractivity contribution in [1.29, 1.82) is 0 Å². The lowest BCUT2D eigenvalue weighted by atomic mass is 9.99. The summed E-state index contributed by atoms with van der Waals surface area (Å²) in [5.41, 5.74) is 3.95. The van der Waals surface area contributed by atoms with Crippen LogP contribution in [-0.4, -0.2) is 21.1 Å². The highest BCUT2D eigenvalue weighted by Crippen LogP contribution is 2.28. The molecule has 3 aromatic rings. The number of amides is 1. The van der Waals surface area contributed by atoms with Crippen LogP contribution in [0.3, 0.4) is 0 Å². The van der Waals surface area contributed by atoms with E-state index in [9.17, 15) is 4.79 Å². The fourth-order valence-electron chi connectivity index (χ4n) is 3.24. The summed E-state index contributed by atoms with van der Waals surface area (Å²) < 4.78 is 0. The number of carbonyl (C=O) groups is 1. The van der Waals surface area contributed by atoms with Crippen molar-refractivity contribution in [2.45, 2.75) is 52.9 Å². The second-order valence-corrected chi connectivity index (χ2v) is 7.51. The van der Waals surface area contributed by atoms with E-state index < -0.39 is 0 Å². The summed E-state index contributed by atoms with van der Waals surface area (Å²) in [6.07, 6.45) is 2.34. The molecule has 0 saturated heterocycles. The van der Waals surface area contributed by atoms with Gasteiger partial charge in [-0.3, -0.25) is 9.78 Å². The van der Waals surface area contributed by atoms with Gasteiger partial charge in [0.1, 0.15) is 5.01 Å². The van der Waals surface area contributed by atoms with E-state index >= 15 is 0 Å². The number of pyridine rings is 1. The zero-order valence-electron chi connectivity index (χ0n) is 15.7. The Bertz CT molecular complexity index is 931. The lowest BCUT2D eigenvalue weighted by molar-refractivity contribution is -0.115. The summed E-state index contributed by atoms with van der Waals surface area (Å²) in [6, 6.07) is 8.02. The molecule has 0 atom stereocenters. The number of aromatic nitrogens is 3.